The Labute approximate surface area is 96.4 Å². The zero-order valence-electron chi connectivity index (χ0n) is 8.15. The Morgan fingerprint density at radius 2 is 0.588 bits per heavy atom. The van der Waals surface area contributed by atoms with Crippen LogP contribution in [0.5, 0.6) is 0 Å². The van der Waals surface area contributed by atoms with Crippen LogP contribution in [0.15, 0.2) is 0 Å². The summed E-state index contributed by atoms with van der Waals surface area (Å²) >= 11 is 0. The molecule has 0 bridgehead atoms. The molecule has 0 spiro atoms. The van der Waals surface area contributed by atoms with Crippen molar-refractivity contribution in [3.8, 4) is 0 Å². The summed E-state index contributed by atoms with van der Waals surface area (Å²) < 4.78 is 102. The lowest BCUT2D eigenvalue weighted by Gasteiger charge is -1.63. The molecule has 0 atom stereocenters. The van der Waals surface area contributed by atoms with Gasteiger partial charge in [0.05, 0.1) is 0 Å². The average molecular weight is 330 g/mol. The van der Waals surface area contributed by atoms with Crippen molar-refractivity contribution >= 4 is 31.5 Å². The van der Waals surface area contributed by atoms with Gasteiger partial charge in [-0.25, -0.2) is 0 Å². The number of hydrogen-bond donors (Lipinski definition) is 3. The van der Waals surface area contributed by atoms with Gasteiger partial charge in [0.1, 0.15) is 0 Å². The molecule has 0 fully saturated rings. The third-order valence-electron chi connectivity index (χ3n) is 0. The van der Waals surface area contributed by atoms with E-state index >= 15 is 0 Å². The minimum absolute atomic E-state index is 2.00. The van der Waals surface area contributed by atoms with Crippen molar-refractivity contribution in [3.63, 3.8) is 0 Å². The van der Waals surface area contributed by atoms with Gasteiger partial charge in [0.15, 0.2) is 0 Å². The zero-order valence-corrected chi connectivity index (χ0v) is 10.6. The lowest BCUT2D eigenvalue weighted by Crippen LogP contribution is -1.80. The van der Waals surface area contributed by atoms with Crippen LogP contribution in [0.2, 0.25) is 0 Å². The highest BCUT2D eigenvalue weighted by Gasteiger charge is 1.90. The summed E-state index contributed by atoms with van der Waals surface area (Å²) in [6, 6.07) is 0. The minimum Gasteiger partial charge on any atom is -0.260 e. The van der Waals surface area contributed by atoms with E-state index in [-0.39, 0.29) is 0 Å². The molecule has 0 aromatic heterocycles. The van der Waals surface area contributed by atoms with Gasteiger partial charge in [0, 0.05) is 0 Å². The van der Waals surface area contributed by atoms with Crippen molar-refractivity contribution in [3.05, 3.63) is 0 Å². The van der Waals surface area contributed by atoms with E-state index in [9.17, 15) is 11.7 Å². The van der Waals surface area contributed by atoms with Gasteiger partial charge in [-0.1, -0.05) is 25.5 Å². The summed E-state index contributed by atoms with van der Waals surface area (Å²) in [5.74, 6) is 0. The standard InChI is InChI=1S/C2H6.3FHO3S/c1-2;3*1-5(2,3)4/h1-2H3;3*(H,2,3,4). The summed E-state index contributed by atoms with van der Waals surface area (Å²) in [5, 5.41) is 0. The van der Waals surface area contributed by atoms with Gasteiger partial charge in [-0.05, 0) is 0 Å². The first kappa shape index (κ1) is 25.4. The second-order valence-electron chi connectivity index (χ2n) is 1.24. The second-order valence-corrected chi connectivity index (χ2v) is 3.71. The van der Waals surface area contributed by atoms with Crippen LogP contribution in [0.25, 0.3) is 0 Å². The van der Waals surface area contributed by atoms with E-state index in [1.807, 2.05) is 13.8 Å². The maximum absolute atomic E-state index is 10.2. The Hall–Kier alpha value is -0.480. The van der Waals surface area contributed by atoms with Crippen molar-refractivity contribution < 1.29 is 50.6 Å². The first-order valence-corrected chi connectivity index (χ1v) is 7.03. The fourth-order valence-corrected chi connectivity index (χ4v) is 0. The summed E-state index contributed by atoms with van der Waals surface area (Å²) in [7, 11) is -15.5. The predicted molar refractivity (Wildman–Crippen MR) is 49.3 cm³/mol. The molecule has 110 valence electrons. The zero-order chi connectivity index (χ0) is 15.5. The van der Waals surface area contributed by atoms with E-state index in [0.717, 1.165) is 0 Å². The molecule has 0 aliphatic rings. The van der Waals surface area contributed by atoms with E-state index in [1.165, 1.54) is 0 Å². The van der Waals surface area contributed by atoms with Crippen LogP contribution in [-0.4, -0.2) is 38.9 Å². The lowest BCUT2D eigenvalue weighted by atomic mass is 11.0. The van der Waals surface area contributed by atoms with Crippen molar-refractivity contribution in [1.82, 2.24) is 0 Å². The monoisotopic (exact) mass is 330 g/mol. The topological polar surface area (TPSA) is 163 Å². The fraction of sp³-hybridized carbons (Fsp3) is 1.00. The molecule has 0 aliphatic heterocycles. The number of rotatable bonds is 0. The maximum Gasteiger partial charge on any atom is 0.435 e. The van der Waals surface area contributed by atoms with Crippen LogP contribution in [-0.2, 0) is 31.5 Å². The highest BCUT2D eigenvalue weighted by atomic mass is 32.3. The van der Waals surface area contributed by atoms with Crippen LogP contribution < -0.4 is 0 Å². The predicted octanol–water partition coefficient (Wildman–Crippen LogP) is 0.302. The summed E-state index contributed by atoms with van der Waals surface area (Å²) in [6.45, 7) is 4.00. The summed E-state index contributed by atoms with van der Waals surface area (Å²) in [5.41, 5.74) is 0. The Bertz CT molecular complexity index is 350. The molecule has 9 nitrogen and oxygen atoms in total. The fourth-order valence-electron chi connectivity index (χ4n) is 0. The second kappa shape index (κ2) is 10.7. The van der Waals surface area contributed by atoms with Gasteiger partial charge >= 0.3 is 31.5 Å². The Morgan fingerprint density at radius 1 is 0.588 bits per heavy atom. The largest absolute Gasteiger partial charge is 0.435 e. The molecule has 0 aliphatic carbocycles. The number of hydrogen-bond acceptors (Lipinski definition) is 6. The highest BCUT2D eigenvalue weighted by molar-refractivity contribution is 7.80. The van der Waals surface area contributed by atoms with E-state index in [2.05, 4.69) is 0 Å². The minimum atomic E-state index is -5.17. The van der Waals surface area contributed by atoms with Crippen molar-refractivity contribution in [2.24, 2.45) is 0 Å². The molecule has 0 saturated carbocycles. The third kappa shape index (κ3) is 12300. The number of halogens is 3. The van der Waals surface area contributed by atoms with Crippen molar-refractivity contribution in [1.29, 1.82) is 0 Å². The molecule has 15 heteroatoms. The van der Waals surface area contributed by atoms with Gasteiger partial charge in [-0.15, -0.1) is 0 Å². The lowest BCUT2D eigenvalue weighted by molar-refractivity contribution is 0.432. The van der Waals surface area contributed by atoms with E-state index < -0.39 is 31.5 Å². The quantitative estimate of drug-likeness (QED) is 0.418. The van der Waals surface area contributed by atoms with E-state index in [1.54, 1.807) is 0 Å². The smallest absolute Gasteiger partial charge is 0.260 e. The van der Waals surface area contributed by atoms with Crippen LogP contribution in [0.1, 0.15) is 13.8 Å². The van der Waals surface area contributed by atoms with Crippen molar-refractivity contribution in [2.75, 3.05) is 0 Å². The first-order valence-electron chi connectivity index (χ1n) is 3.01. The normalized spacial score (nSPS) is 10.6. The molecule has 0 saturated heterocycles. The van der Waals surface area contributed by atoms with Gasteiger partial charge < -0.3 is 0 Å². The maximum atomic E-state index is 10.2. The summed E-state index contributed by atoms with van der Waals surface area (Å²) in [4.78, 5) is 0. The molecule has 3 N–H and O–H groups in total. The van der Waals surface area contributed by atoms with Gasteiger partial charge in [0.25, 0.3) is 0 Å². The highest BCUT2D eigenvalue weighted by Crippen LogP contribution is 1.75. The third-order valence-corrected chi connectivity index (χ3v) is 0. The van der Waals surface area contributed by atoms with E-state index in [0.29, 0.717) is 0 Å². The molecular formula is C2H9F3O9S3. The van der Waals surface area contributed by atoms with Crippen LogP contribution in [0, 0.1) is 0 Å². The molecule has 0 aromatic carbocycles. The molecule has 0 heterocycles. The van der Waals surface area contributed by atoms with Crippen LogP contribution >= 0.6 is 0 Å². The molecule has 17 heavy (non-hydrogen) atoms. The molecular weight excluding hydrogens is 321 g/mol. The molecule has 0 radical (unpaired) electrons. The Kier molecular flexibility index (Phi) is 15.9. The Balaban J connectivity index is -0.0000000693. The molecule has 0 amide bonds. The van der Waals surface area contributed by atoms with Gasteiger partial charge in [0.2, 0.25) is 0 Å². The SMILES string of the molecule is CC.O=S(=O)(O)F.O=S(=O)(O)F.O=S(=O)(O)F. The molecule has 0 unspecified atom stereocenters. The van der Waals surface area contributed by atoms with Crippen LogP contribution in [0.4, 0.5) is 11.7 Å². The summed E-state index contributed by atoms with van der Waals surface area (Å²) in [6.07, 6.45) is 0. The average Bonchev–Trinajstić information content (AvgIpc) is 1.77. The van der Waals surface area contributed by atoms with E-state index in [4.69, 9.17) is 38.9 Å². The first-order chi connectivity index (χ1) is 7.00. The van der Waals surface area contributed by atoms with Gasteiger partial charge in [-0.3, -0.25) is 13.7 Å². The van der Waals surface area contributed by atoms with Crippen LogP contribution in [0.3, 0.4) is 0 Å². The molecule has 0 rings (SSSR count). The van der Waals surface area contributed by atoms with Gasteiger partial charge in [-0.2, -0.15) is 25.3 Å². The van der Waals surface area contributed by atoms with Crippen molar-refractivity contribution in [2.45, 2.75) is 13.8 Å². The molecule has 0 aromatic rings. The Morgan fingerprint density at radius 3 is 0.588 bits per heavy atom.